The molecular weight excluding hydrogens is 470 g/mol. The van der Waals surface area contributed by atoms with Crippen LogP contribution in [0.15, 0.2) is 30.7 Å². The molecule has 0 aliphatic carbocycles. The first-order chi connectivity index (χ1) is 16.7. The summed E-state index contributed by atoms with van der Waals surface area (Å²) in [4.78, 5) is 27.7. The summed E-state index contributed by atoms with van der Waals surface area (Å²) in [5.41, 5.74) is 3.81. The number of piperazine rings is 1. The minimum absolute atomic E-state index is 0.0415. The SMILES string of the molecule is C[C@@H](Oc1nc(-c2ccc(N3CCN(S(C)(=O)=O)CC3)cn2)cc2ncn(C)c12)[C@H]1CNC(=O)C1. The molecule has 3 aromatic rings. The fourth-order valence-electron chi connectivity index (χ4n) is 4.59. The molecule has 2 saturated heterocycles. The number of imidazole rings is 1. The Kier molecular flexibility index (Phi) is 6.09. The van der Waals surface area contributed by atoms with Crippen molar-refractivity contribution in [2.45, 2.75) is 19.4 Å². The lowest BCUT2D eigenvalue weighted by atomic mass is 10.0. The third kappa shape index (κ3) is 4.80. The van der Waals surface area contributed by atoms with Gasteiger partial charge in [0.2, 0.25) is 21.8 Å². The maximum absolute atomic E-state index is 11.8. The number of hydrogen-bond donors (Lipinski definition) is 1. The van der Waals surface area contributed by atoms with Crippen LogP contribution in [0.4, 0.5) is 5.69 Å². The van der Waals surface area contributed by atoms with Crippen molar-refractivity contribution < 1.29 is 17.9 Å². The quantitative estimate of drug-likeness (QED) is 0.533. The standard InChI is InChI=1S/C23H29N7O4S/c1-15(16-10-21(31)25-12-16)34-23-22-20(26-14-28(22)2)11-19(27-23)18-5-4-17(13-24-18)29-6-8-30(9-7-29)35(3,32)33/h4-5,11,13-16H,6-10,12H2,1-3H3,(H,25,31)/t15-,16-/m1/s1. The normalized spacial score (nSPS) is 20.3. The number of hydrogen-bond acceptors (Lipinski definition) is 8. The lowest BCUT2D eigenvalue weighted by Crippen LogP contribution is -2.48. The Bertz CT molecular complexity index is 1350. The van der Waals surface area contributed by atoms with Gasteiger partial charge in [-0.05, 0) is 25.1 Å². The highest BCUT2D eigenvalue weighted by Crippen LogP contribution is 2.30. The number of sulfonamides is 1. The number of ether oxygens (including phenoxy) is 1. The topological polar surface area (TPSA) is 123 Å². The number of anilines is 1. The number of carbonyl (C=O) groups excluding carboxylic acids is 1. The zero-order valence-electron chi connectivity index (χ0n) is 20.0. The van der Waals surface area contributed by atoms with Crippen LogP contribution in [-0.2, 0) is 21.9 Å². The number of rotatable bonds is 6. The Labute approximate surface area is 204 Å². The van der Waals surface area contributed by atoms with Gasteiger partial charge in [-0.3, -0.25) is 9.78 Å². The summed E-state index contributed by atoms with van der Waals surface area (Å²) >= 11 is 0. The average molecular weight is 500 g/mol. The molecule has 2 aliphatic rings. The Balaban J connectivity index is 1.37. The summed E-state index contributed by atoms with van der Waals surface area (Å²) < 4.78 is 33.2. The van der Waals surface area contributed by atoms with Gasteiger partial charge in [-0.25, -0.2) is 18.4 Å². The number of nitrogens with zero attached hydrogens (tertiary/aromatic N) is 6. The fraction of sp³-hybridized carbons (Fsp3) is 0.478. The molecule has 35 heavy (non-hydrogen) atoms. The predicted molar refractivity (Wildman–Crippen MR) is 132 cm³/mol. The molecule has 186 valence electrons. The lowest BCUT2D eigenvalue weighted by molar-refractivity contribution is -0.119. The van der Waals surface area contributed by atoms with E-state index in [2.05, 4.69) is 20.2 Å². The third-order valence-corrected chi connectivity index (χ3v) is 8.02. The first-order valence-electron chi connectivity index (χ1n) is 11.6. The molecule has 1 N–H and O–H groups in total. The summed E-state index contributed by atoms with van der Waals surface area (Å²) in [7, 11) is -1.27. The Morgan fingerprint density at radius 1 is 1.14 bits per heavy atom. The summed E-state index contributed by atoms with van der Waals surface area (Å²) in [5.74, 6) is 0.587. The Morgan fingerprint density at radius 2 is 1.91 bits per heavy atom. The molecule has 11 nitrogen and oxygen atoms in total. The Hall–Kier alpha value is -3.25. The van der Waals surface area contributed by atoms with Gasteiger partial charge in [-0.2, -0.15) is 4.31 Å². The van der Waals surface area contributed by atoms with E-state index in [1.807, 2.05) is 36.7 Å². The number of fused-ring (bicyclic) bond motifs is 1. The second-order valence-corrected chi connectivity index (χ2v) is 11.2. The van der Waals surface area contributed by atoms with Crippen molar-refractivity contribution in [3.63, 3.8) is 0 Å². The van der Waals surface area contributed by atoms with Gasteiger partial charge in [0.1, 0.15) is 11.6 Å². The van der Waals surface area contributed by atoms with Crippen LogP contribution in [-0.4, -0.2) is 83.2 Å². The van der Waals surface area contributed by atoms with Gasteiger partial charge < -0.3 is 19.5 Å². The molecule has 3 aromatic heterocycles. The van der Waals surface area contributed by atoms with Gasteiger partial charge in [0.05, 0.1) is 41.4 Å². The molecule has 12 heteroatoms. The number of aryl methyl sites for hydroxylation is 1. The molecule has 0 aromatic carbocycles. The molecule has 0 unspecified atom stereocenters. The number of nitrogens with one attached hydrogen (secondary N) is 1. The second kappa shape index (κ2) is 9.08. The molecule has 1 amide bonds. The maximum Gasteiger partial charge on any atom is 0.241 e. The van der Waals surface area contributed by atoms with E-state index in [1.165, 1.54) is 10.6 Å². The van der Waals surface area contributed by atoms with Gasteiger partial charge in [0, 0.05) is 52.1 Å². The Morgan fingerprint density at radius 3 is 2.54 bits per heavy atom. The van der Waals surface area contributed by atoms with Crippen LogP contribution in [0, 0.1) is 5.92 Å². The van der Waals surface area contributed by atoms with E-state index in [9.17, 15) is 13.2 Å². The summed E-state index contributed by atoms with van der Waals surface area (Å²) in [6.45, 7) is 4.69. The molecule has 2 fully saturated rings. The van der Waals surface area contributed by atoms with Gasteiger partial charge in [0.25, 0.3) is 0 Å². The lowest BCUT2D eigenvalue weighted by Gasteiger charge is -2.34. The predicted octanol–water partition coefficient (Wildman–Crippen LogP) is 1.02. The van der Waals surface area contributed by atoms with E-state index in [-0.39, 0.29) is 17.9 Å². The molecule has 2 atom stereocenters. The van der Waals surface area contributed by atoms with Gasteiger partial charge in [-0.1, -0.05) is 0 Å². The zero-order valence-corrected chi connectivity index (χ0v) is 20.8. The van der Waals surface area contributed by atoms with Crippen molar-refractivity contribution in [3.05, 3.63) is 30.7 Å². The molecule has 0 saturated carbocycles. The van der Waals surface area contributed by atoms with Crippen LogP contribution in [0.25, 0.3) is 22.4 Å². The van der Waals surface area contributed by atoms with E-state index >= 15 is 0 Å². The van der Waals surface area contributed by atoms with Crippen molar-refractivity contribution in [3.8, 4) is 17.3 Å². The van der Waals surface area contributed by atoms with Crippen molar-refractivity contribution in [2.75, 3.05) is 43.9 Å². The minimum atomic E-state index is -3.17. The van der Waals surface area contributed by atoms with Crippen molar-refractivity contribution >= 4 is 32.7 Å². The minimum Gasteiger partial charge on any atom is -0.473 e. The number of carbonyl (C=O) groups is 1. The smallest absolute Gasteiger partial charge is 0.241 e. The highest BCUT2D eigenvalue weighted by Gasteiger charge is 2.29. The number of pyridine rings is 2. The molecule has 0 radical (unpaired) electrons. The molecule has 5 rings (SSSR count). The van der Waals surface area contributed by atoms with Crippen LogP contribution >= 0.6 is 0 Å². The van der Waals surface area contributed by atoms with Gasteiger partial charge >= 0.3 is 0 Å². The van der Waals surface area contributed by atoms with E-state index in [0.717, 1.165) is 16.7 Å². The van der Waals surface area contributed by atoms with Crippen LogP contribution in [0.1, 0.15) is 13.3 Å². The van der Waals surface area contributed by atoms with Crippen molar-refractivity contribution in [1.82, 2.24) is 29.1 Å². The van der Waals surface area contributed by atoms with E-state index in [4.69, 9.17) is 9.72 Å². The van der Waals surface area contributed by atoms with Gasteiger partial charge in [0.15, 0.2) is 0 Å². The number of amides is 1. The van der Waals surface area contributed by atoms with E-state index in [0.29, 0.717) is 56.4 Å². The molecule has 5 heterocycles. The highest BCUT2D eigenvalue weighted by atomic mass is 32.2. The van der Waals surface area contributed by atoms with Crippen molar-refractivity contribution in [2.24, 2.45) is 13.0 Å². The van der Waals surface area contributed by atoms with Crippen molar-refractivity contribution in [1.29, 1.82) is 0 Å². The fourth-order valence-corrected chi connectivity index (χ4v) is 5.41. The van der Waals surface area contributed by atoms with Crippen LogP contribution in [0.3, 0.4) is 0 Å². The molecular formula is C23H29N7O4S. The molecule has 0 bridgehead atoms. The average Bonchev–Trinajstić information content (AvgIpc) is 3.44. The first kappa shape index (κ1) is 23.5. The monoisotopic (exact) mass is 499 g/mol. The maximum atomic E-state index is 11.8. The summed E-state index contributed by atoms with van der Waals surface area (Å²) in [6, 6.07) is 5.77. The second-order valence-electron chi connectivity index (χ2n) is 9.18. The van der Waals surface area contributed by atoms with E-state index < -0.39 is 10.0 Å². The molecule has 0 spiro atoms. The summed E-state index contributed by atoms with van der Waals surface area (Å²) in [5, 5.41) is 2.86. The molecule has 2 aliphatic heterocycles. The van der Waals surface area contributed by atoms with Crippen LogP contribution in [0.2, 0.25) is 0 Å². The van der Waals surface area contributed by atoms with Gasteiger partial charge in [-0.15, -0.1) is 0 Å². The zero-order chi connectivity index (χ0) is 24.7. The largest absolute Gasteiger partial charge is 0.473 e. The first-order valence-corrected chi connectivity index (χ1v) is 13.5. The summed E-state index contributed by atoms with van der Waals surface area (Å²) in [6.07, 6.45) is 5.00. The van der Waals surface area contributed by atoms with Crippen LogP contribution < -0.4 is 15.0 Å². The van der Waals surface area contributed by atoms with Crippen LogP contribution in [0.5, 0.6) is 5.88 Å². The van der Waals surface area contributed by atoms with E-state index in [1.54, 1.807) is 12.5 Å². The number of aromatic nitrogens is 4. The third-order valence-electron chi connectivity index (χ3n) is 6.72. The highest BCUT2D eigenvalue weighted by molar-refractivity contribution is 7.88.